The van der Waals surface area contributed by atoms with E-state index in [1.807, 2.05) is 30.5 Å². The lowest BCUT2D eigenvalue weighted by Gasteiger charge is -2.21. The summed E-state index contributed by atoms with van der Waals surface area (Å²) in [5.74, 6) is 0.0698. The van der Waals surface area contributed by atoms with Crippen LogP contribution >= 0.6 is 0 Å². The van der Waals surface area contributed by atoms with Gasteiger partial charge in [-0.05, 0) is 35.1 Å². The summed E-state index contributed by atoms with van der Waals surface area (Å²) in [6.07, 6.45) is 6.05. The number of nitrogens with one attached hydrogen (secondary N) is 2. The van der Waals surface area contributed by atoms with E-state index in [4.69, 9.17) is 22.1 Å². The van der Waals surface area contributed by atoms with Crippen molar-refractivity contribution in [2.75, 3.05) is 0 Å². The third-order valence-corrected chi connectivity index (χ3v) is 5.82. The predicted octanol–water partition coefficient (Wildman–Crippen LogP) is 4.41. The topological polar surface area (TPSA) is 124 Å². The number of benzene rings is 2. The SMILES string of the molecule is CC(C)(CC#N)c1ccc(CN=C/C(=C\N)C(NCc2ccc(C(=N)N)cc2)=C2CC2)cc1. The summed E-state index contributed by atoms with van der Waals surface area (Å²) in [6.45, 7) is 5.38. The van der Waals surface area contributed by atoms with E-state index in [9.17, 15) is 0 Å². The number of nitriles is 1. The summed E-state index contributed by atoms with van der Waals surface area (Å²) < 4.78 is 0. The molecule has 0 radical (unpaired) electrons. The fourth-order valence-corrected chi connectivity index (χ4v) is 3.54. The van der Waals surface area contributed by atoms with E-state index < -0.39 is 0 Å². The smallest absolute Gasteiger partial charge is 0.122 e. The summed E-state index contributed by atoms with van der Waals surface area (Å²) in [5.41, 5.74) is 18.7. The zero-order chi connectivity index (χ0) is 23.8. The van der Waals surface area contributed by atoms with Crippen LogP contribution < -0.4 is 16.8 Å². The number of hydrogen-bond acceptors (Lipinski definition) is 5. The number of nitrogen functional groups attached to an aromatic ring is 1. The normalized spacial score (nSPS) is 13.6. The first-order valence-corrected chi connectivity index (χ1v) is 11.1. The highest BCUT2D eigenvalue weighted by atomic mass is 14.9. The van der Waals surface area contributed by atoms with Crippen molar-refractivity contribution in [2.24, 2.45) is 16.5 Å². The van der Waals surface area contributed by atoms with Gasteiger partial charge < -0.3 is 16.8 Å². The third-order valence-electron chi connectivity index (χ3n) is 5.82. The number of rotatable bonds is 10. The lowest BCUT2D eigenvalue weighted by atomic mass is 9.82. The second-order valence-electron chi connectivity index (χ2n) is 8.95. The summed E-state index contributed by atoms with van der Waals surface area (Å²) in [6, 6.07) is 18.2. The van der Waals surface area contributed by atoms with Crippen molar-refractivity contribution in [1.29, 1.82) is 10.7 Å². The van der Waals surface area contributed by atoms with Crippen molar-refractivity contribution in [3.8, 4) is 6.07 Å². The minimum absolute atomic E-state index is 0.0698. The Bertz CT molecular complexity index is 1110. The van der Waals surface area contributed by atoms with Gasteiger partial charge >= 0.3 is 0 Å². The maximum Gasteiger partial charge on any atom is 0.122 e. The summed E-state index contributed by atoms with van der Waals surface area (Å²) in [5, 5.41) is 20.0. The van der Waals surface area contributed by atoms with Crippen LogP contribution in [0.1, 0.15) is 55.4 Å². The van der Waals surface area contributed by atoms with Crippen molar-refractivity contribution in [3.63, 3.8) is 0 Å². The van der Waals surface area contributed by atoms with Crippen LogP contribution in [-0.4, -0.2) is 12.1 Å². The molecule has 33 heavy (non-hydrogen) atoms. The minimum atomic E-state index is -0.157. The standard InChI is InChI=1S/C27H32N6/c1-27(2,13-14-28)24-11-5-19(6-12-24)16-32-18-23(15-29)25(21-9-10-21)33-17-20-3-7-22(8-4-20)26(30)31/h3-8,11-12,15,18,33H,9-10,13,16-17,29H2,1-2H3,(H3,30,31)/b23-15+,32-18?. The van der Waals surface area contributed by atoms with Gasteiger partial charge in [-0.3, -0.25) is 10.4 Å². The molecule has 2 aromatic rings. The first-order chi connectivity index (χ1) is 15.8. The Morgan fingerprint density at radius 3 is 2.30 bits per heavy atom. The molecule has 6 N–H and O–H groups in total. The van der Waals surface area contributed by atoms with Gasteiger partial charge in [-0.25, -0.2) is 0 Å². The van der Waals surface area contributed by atoms with Crippen molar-refractivity contribution in [3.05, 3.63) is 93.8 Å². The van der Waals surface area contributed by atoms with Crippen molar-refractivity contribution >= 4 is 12.1 Å². The van der Waals surface area contributed by atoms with Gasteiger partial charge in [0.1, 0.15) is 5.84 Å². The average Bonchev–Trinajstić information content (AvgIpc) is 3.64. The molecule has 6 heteroatoms. The Kier molecular flexibility index (Phi) is 7.68. The molecule has 0 aliphatic heterocycles. The maximum absolute atomic E-state index is 9.03. The molecule has 0 unspecified atom stereocenters. The van der Waals surface area contributed by atoms with Gasteiger partial charge in [-0.2, -0.15) is 5.26 Å². The summed E-state index contributed by atoms with van der Waals surface area (Å²) in [7, 11) is 0. The van der Waals surface area contributed by atoms with E-state index in [0.29, 0.717) is 19.5 Å². The van der Waals surface area contributed by atoms with Gasteiger partial charge in [0.25, 0.3) is 0 Å². The predicted molar refractivity (Wildman–Crippen MR) is 135 cm³/mol. The molecule has 0 spiro atoms. The minimum Gasteiger partial charge on any atom is -0.404 e. The van der Waals surface area contributed by atoms with Crippen LogP contribution in [0.15, 0.2) is 76.6 Å². The van der Waals surface area contributed by atoms with Crippen LogP contribution in [0.4, 0.5) is 0 Å². The number of amidine groups is 1. The van der Waals surface area contributed by atoms with Crippen LogP contribution in [0.25, 0.3) is 0 Å². The van der Waals surface area contributed by atoms with Crippen molar-refractivity contribution < 1.29 is 0 Å². The molecule has 1 aliphatic rings. The fraction of sp³-hybridized carbons (Fsp3) is 0.296. The lowest BCUT2D eigenvalue weighted by Crippen LogP contribution is -2.17. The molecule has 0 saturated heterocycles. The summed E-state index contributed by atoms with van der Waals surface area (Å²) in [4.78, 5) is 4.62. The van der Waals surface area contributed by atoms with Gasteiger partial charge in [0, 0.05) is 47.6 Å². The average molecular weight is 441 g/mol. The second kappa shape index (κ2) is 10.6. The Labute approximate surface area is 196 Å². The highest BCUT2D eigenvalue weighted by Crippen LogP contribution is 2.33. The van der Waals surface area contributed by atoms with Gasteiger partial charge in [0.2, 0.25) is 0 Å². The largest absolute Gasteiger partial charge is 0.404 e. The zero-order valence-corrected chi connectivity index (χ0v) is 19.4. The van der Waals surface area contributed by atoms with Crippen LogP contribution in [0, 0.1) is 16.7 Å². The van der Waals surface area contributed by atoms with Crippen LogP contribution in [0.2, 0.25) is 0 Å². The van der Waals surface area contributed by atoms with Gasteiger partial charge in [0.15, 0.2) is 0 Å². The highest BCUT2D eigenvalue weighted by Gasteiger charge is 2.20. The molecule has 0 bridgehead atoms. The first-order valence-electron chi connectivity index (χ1n) is 11.1. The first kappa shape index (κ1) is 23.8. The lowest BCUT2D eigenvalue weighted by molar-refractivity contribution is 0.540. The van der Waals surface area contributed by atoms with Crippen LogP contribution in [0.3, 0.4) is 0 Å². The Morgan fingerprint density at radius 1 is 1.12 bits per heavy atom. The van der Waals surface area contributed by atoms with Crippen LogP contribution in [0.5, 0.6) is 0 Å². The van der Waals surface area contributed by atoms with E-state index in [2.05, 4.69) is 54.5 Å². The number of nitrogens with zero attached hydrogens (tertiary/aromatic N) is 2. The molecule has 1 fully saturated rings. The number of aliphatic imine (C=N–C) groups is 1. The van der Waals surface area contributed by atoms with Gasteiger partial charge in [0.05, 0.1) is 12.6 Å². The number of nitrogens with two attached hydrogens (primary N) is 2. The molecule has 3 rings (SSSR count). The van der Waals surface area contributed by atoms with E-state index in [1.54, 1.807) is 6.20 Å². The molecule has 0 atom stereocenters. The highest BCUT2D eigenvalue weighted by molar-refractivity contribution is 5.94. The molecule has 0 aromatic heterocycles. The molecule has 2 aromatic carbocycles. The molecule has 0 amide bonds. The monoisotopic (exact) mass is 440 g/mol. The summed E-state index contributed by atoms with van der Waals surface area (Å²) >= 11 is 0. The quantitative estimate of drug-likeness (QED) is 0.322. The molecule has 170 valence electrons. The van der Waals surface area contributed by atoms with Gasteiger partial charge in [-0.1, -0.05) is 62.4 Å². The van der Waals surface area contributed by atoms with Gasteiger partial charge in [-0.15, -0.1) is 0 Å². The second-order valence-corrected chi connectivity index (χ2v) is 8.95. The number of hydrogen-bond donors (Lipinski definition) is 4. The third kappa shape index (κ3) is 6.56. The molecule has 0 heterocycles. The molecule has 6 nitrogen and oxygen atoms in total. The van der Waals surface area contributed by atoms with E-state index in [1.165, 1.54) is 5.57 Å². The van der Waals surface area contributed by atoms with E-state index in [0.717, 1.165) is 46.4 Å². The zero-order valence-electron chi connectivity index (χ0n) is 19.4. The van der Waals surface area contributed by atoms with E-state index >= 15 is 0 Å². The Balaban J connectivity index is 1.62. The maximum atomic E-state index is 9.03. The van der Waals surface area contributed by atoms with Crippen LogP contribution in [-0.2, 0) is 18.5 Å². The Hall–Kier alpha value is -3.85. The molecule has 1 aliphatic carbocycles. The molecular weight excluding hydrogens is 408 g/mol. The van der Waals surface area contributed by atoms with Crippen molar-refractivity contribution in [2.45, 2.75) is 51.6 Å². The molecular formula is C27H32N6. The fourth-order valence-electron chi connectivity index (χ4n) is 3.54. The van der Waals surface area contributed by atoms with E-state index in [-0.39, 0.29) is 11.3 Å². The molecule has 1 saturated carbocycles. The van der Waals surface area contributed by atoms with Crippen molar-refractivity contribution in [1.82, 2.24) is 5.32 Å². The Morgan fingerprint density at radius 2 is 1.76 bits per heavy atom. The number of allylic oxidation sites excluding steroid dienone is 2.